The summed E-state index contributed by atoms with van der Waals surface area (Å²) in [6.45, 7) is 16.7. The molecule has 32 heavy (non-hydrogen) atoms. The molecule has 2 N–H and O–H groups in total. The van der Waals surface area contributed by atoms with Gasteiger partial charge in [-0.2, -0.15) is 0 Å². The van der Waals surface area contributed by atoms with Crippen molar-refractivity contribution in [3.05, 3.63) is 29.3 Å². The van der Waals surface area contributed by atoms with Crippen molar-refractivity contribution in [3.8, 4) is 5.75 Å². The van der Waals surface area contributed by atoms with Gasteiger partial charge in [-0.15, -0.1) is 24.0 Å². The summed E-state index contributed by atoms with van der Waals surface area (Å²) in [4.78, 5) is 9.51. The van der Waals surface area contributed by atoms with Gasteiger partial charge in [-0.3, -0.25) is 4.99 Å². The maximum absolute atomic E-state index is 6.22. The summed E-state index contributed by atoms with van der Waals surface area (Å²) >= 11 is 0. The van der Waals surface area contributed by atoms with Gasteiger partial charge < -0.3 is 29.9 Å². The zero-order valence-corrected chi connectivity index (χ0v) is 22.6. The number of likely N-dealkylation sites (N-methyl/N-ethyl adjacent to an activating group) is 1. The highest BCUT2D eigenvalue weighted by molar-refractivity contribution is 14.0. The minimum atomic E-state index is 0. The second kappa shape index (κ2) is 14.2. The van der Waals surface area contributed by atoms with Crippen molar-refractivity contribution in [3.63, 3.8) is 0 Å². The van der Waals surface area contributed by atoms with E-state index in [4.69, 9.17) is 9.47 Å². The minimum Gasteiger partial charge on any atom is -0.488 e. The Balaban J connectivity index is 0.00000363. The van der Waals surface area contributed by atoms with E-state index in [0.29, 0.717) is 19.1 Å². The van der Waals surface area contributed by atoms with Crippen LogP contribution < -0.4 is 15.4 Å². The maximum atomic E-state index is 6.22. The van der Waals surface area contributed by atoms with Gasteiger partial charge in [0.2, 0.25) is 0 Å². The summed E-state index contributed by atoms with van der Waals surface area (Å²) < 4.78 is 11.7. The molecule has 0 aliphatic carbocycles. The number of benzene rings is 1. The minimum absolute atomic E-state index is 0. The van der Waals surface area contributed by atoms with Gasteiger partial charge in [-0.25, -0.2) is 0 Å². The molecular formula is C24H42IN5O2. The summed E-state index contributed by atoms with van der Waals surface area (Å²) in [7, 11) is 1.83. The molecule has 2 atom stereocenters. The number of hydrogen-bond acceptors (Lipinski definition) is 5. The molecule has 0 amide bonds. The van der Waals surface area contributed by atoms with E-state index in [0.717, 1.165) is 49.9 Å². The zero-order valence-electron chi connectivity index (χ0n) is 20.2. The number of guanidine groups is 1. The van der Waals surface area contributed by atoms with Crippen molar-refractivity contribution >= 4 is 29.9 Å². The highest BCUT2D eigenvalue weighted by Crippen LogP contribution is 2.23. The quantitative estimate of drug-likeness (QED) is 0.276. The molecule has 7 nitrogen and oxygen atoms in total. The van der Waals surface area contributed by atoms with E-state index in [-0.39, 0.29) is 30.1 Å². The summed E-state index contributed by atoms with van der Waals surface area (Å²) in [5.74, 6) is 2.34. The van der Waals surface area contributed by atoms with Gasteiger partial charge >= 0.3 is 0 Å². The molecule has 2 heterocycles. The largest absolute Gasteiger partial charge is 0.488 e. The van der Waals surface area contributed by atoms with E-state index >= 15 is 0 Å². The van der Waals surface area contributed by atoms with Crippen LogP contribution in [0.5, 0.6) is 5.75 Å². The van der Waals surface area contributed by atoms with Gasteiger partial charge in [0.25, 0.3) is 0 Å². The Kier molecular flexibility index (Phi) is 12.1. The molecular weight excluding hydrogens is 517 g/mol. The maximum Gasteiger partial charge on any atom is 0.191 e. The molecule has 0 bridgehead atoms. The summed E-state index contributed by atoms with van der Waals surface area (Å²) in [6, 6.07) is 6.39. The molecule has 0 radical (unpaired) electrons. The number of ether oxygens (including phenoxy) is 2. The van der Waals surface area contributed by atoms with Crippen LogP contribution in [0.1, 0.15) is 31.4 Å². The molecule has 0 aromatic heterocycles. The number of halogens is 1. The van der Waals surface area contributed by atoms with Crippen LogP contribution >= 0.6 is 24.0 Å². The highest BCUT2D eigenvalue weighted by atomic mass is 127. The average Bonchev–Trinajstić information content (AvgIpc) is 3.28. The van der Waals surface area contributed by atoms with Crippen molar-refractivity contribution in [1.82, 2.24) is 20.4 Å². The van der Waals surface area contributed by atoms with Crippen LogP contribution in [-0.2, 0) is 11.3 Å². The molecule has 0 saturated carbocycles. The van der Waals surface area contributed by atoms with E-state index < -0.39 is 0 Å². The standard InChI is InChI=1S/C24H41N5O2.HI/c1-5-28-9-11-29(12-10-28)17-20(3)15-26-24(25-4)27-16-21-7-6-19(2)14-23(21)31-22-8-13-30-18-22;/h6-7,14,20,22H,5,8-13,15-18H2,1-4H3,(H2,25,26,27);1H. The molecule has 182 valence electrons. The second-order valence-electron chi connectivity index (χ2n) is 8.86. The first-order valence-electron chi connectivity index (χ1n) is 11.8. The predicted octanol–water partition coefficient (Wildman–Crippen LogP) is 2.72. The predicted molar refractivity (Wildman–Crippen MR) is 142 cm³/mol. The van der Waals surface area contributed by atoms with Gasteiger partial charge in [0.1, 0.15) is 11.9 Å². The second-order valence-corrected chi connectivity index (χ2v) is 8.86. The molecule has 2 aliphatic rings. The van der Waals surface area contributed by atoms with E-state index in [1.807, 2.05) is 7.05 Å². The number of nitrogens with one attached hydrogen (secondary N) is 2. The Morgan fingerprint density at radius 1 is 1.22 bits per heavy atom. The Morgan fingerprint density at radius 2 is 1.97 bits per heavy atom. The first-order chi connectivity index (χ1) is 15.1. The number of rotatable bonds is 9. The lowest BCUT2D eigenvalue weighted by atomic mass is 10.1. The van der Waals surface area contributed by atoms with Gasteiger partial charge in [-0.1, -0.05) is 26.0 Å². The van der Waals surface area contributed by atoms with Crippen LogP contribution in [-0.4, -0.2) is 87.9 Å². The number of aliphatic imine (C=N–C) groups is 1. The lowest BCUT2D eigenvalue weighted by Crippen LogP contribution is -2.48. The molecule has 2 fully saturated rings. The van der Waals surface area contributed by atoms with E-state index in [1.165, 1.54) is 31.7 Å². The van der Waals surface area contributed by atoms with Gasteiger partial charge in [0.15, 0.2) is 5.96 Å². The fourth-order valence-corrected chi connectivity index (χ4v) is 4.17. The molecule has 1 aromatic rings. The molecule has 2 aliphatic heterocycles. The zero-order chi connectivity index (χ0) is 22.1. The van der Waals surface area contributed by atoms with Crippen LogP contribution in [0.3, 0.4) is 0 Å². The van der Waals surface area contributed by atoms with Gasteiger partial charge in [0.05, 0.1) is 13.2 Å². The third-order valence-electron chi connectivity index (χ3n) is 6.17. The van der Waals surface area contributed by atoms with Gasteiger partial charge in [-0.05, 0) is 31.0 Å². The van der Waals surface area contributed by atoms with E-state index in [1.54, 1.807) is 0 Å². The lowest BCUT2D eigenvalue weighted by molar-refractivity contribution is 0.124. The van der Waals surface area contributed by atoms with E-state index in [2.05, 4.69) is 64.4 Å². The Labute approximate surface area is 211 Å². The van der Waals surface area contributed by atoms with Crippen LogP contribution in [0.2, 0.25) is 0 Å². The molecule has 8 heteroatoms. The number of piperazine rings is 1. The van der Waals surface area contributed by atoms with Crippen molar-refractivity contribution < 1.29 is 9.47 Å². The lowest BCUT2D eigenvalue weighted by Gasteiger charge is -2.35. The monoisotopic (exact) mass is 559 g/mol. The Morgan fingerprint density at radius 3 is 2.62 bits per heavy atom. The van der Waals surface area contributed by atoms with E-state index in [9.17, 15) is 0 Å². The number of nitrogens with zero attached hydrogens (tertiary/aromatic N) is 3. The fraction of sp³-hybridized carbons (Fsp3) is 0.708. The fourth-order valence-electron chi connectivity index (χ4n) is 4.17. The third-order valence-corrected chi connectivity index (χ3v) is 6.17. The molecule has 2 saturated heterocycles. The summed E-state index contributed by atoms with van der Waals surface area (Å²) in [5, 5.41) is 6.94. The summed E-state index contributed by atoms with van der Waals surface area (Å²) in [6.07, 6.45) is 1.10. The molecule has 1 aromatic carbocycles. The SMILES string of the molecule is CCN1CCN(CC(C)CNC(=NC)NCc2ccc(C)cc2OC2CCOC2)CC1.I. The third kappa shape index (κ3) is 8.68. The van der Waals surface area contributed by atoms with Gasteiger partial charge in [0, 0.05) is 64.8 Å². The van der Waals surface area contributed by atoms with Crippen LogP contribution in [0.25, 0.3) is 0 Å². The van der Waals surface area contributed by atoms with Crippen molar-refractivity contribution in [1.29, 1.82) is 0 Å². The smallest absolute Gasteiger partial charge is 0.191 e. The number of hydrogen-bond donors (Lipinski definition) is 2. The molecule has 0 spiro atoms. The Hall–Kier alpha value is -1.10. The molecule has 2 unspecified atom stereocenters. The highest BCUT2D eigenvalue weighted by Gasteiger charge is 2.19. The summed E-state index contributed by atoms with van der Waals surface area (Å²) in [5.41, 5.74) is 2.34. The normalized spacial score (nSPS) is 21.1. The van der Waals surface area contributed by atoms with Crippen LogP contribution in [0, 0.1) is 12.8 Å². The average molecular weight is 560 g/mol. The molecule has 3 rings (SSSR count). The van der Waals surface area contributed by atoms with Crippen molar-refractivity contribution in [2.75, 3.05) is 66.1 Å². The first kappa shape index (κ1) is 27.1. The van der Waals surface area contributed by atoms with Crippen molar-refractivity contribution in [2.45, 2.75) is 39.8 Å². The van der Waals surface area contributed by atoms with Crippen molar-refractivity contribution in [2.24, 2.45) is 10.9 Å². The van der Waals surface area contributed by atoms with Crippen LogP contribution in [0.4, 0.5) is 0 Å². The van der Waals surface area contributed by atoms with Crippen LogP contribution in [0.15, 0.2) is 23.2 Å². The number of aryl methyl sites for hydroxylation is 1. The first-order valence-corrected chi connectivity index (χ1v) is 11.8. The Bertz CT molecular complexity index is 704. The topological polar surface area (TPSA) is 61.4 Å².